The predicted octanol–water partition coefficient (Wildman–Crippen LogP) is 1.87. The Hall–Kier alpha value is -2.08. The summed E-state index contributed by atoms with van der Waals surface area (Å²) in [6, 6.07) is 6.01. The molecular weight excluding hydrogens is 316 g/mol. The van der Waals surface area contributed by atoms with E-state index >= 15 is 0 Å². The quantitative estimate of drug-likeness (QED) is 0.740. The average Bonchev–Trinajstić information content (AvgIpc) is 2.54. The Balaban J connectivity index is 2.88. The molecule has 1 N–H and O–H groups in total. The molecule has 2 amide bonds. The molecule has 6 heteroatoms. The van der Waals surface area contributed by atoms with Crippen LogP contribution in [0.4, 0.5) is 11.4 Å². The largest absolute Gasteiger partial charge is 0.372 e. The van der Waals surface area contributed by atoms with E-state index in [-0.39, 0.29) is 18.4 Å². The summed E-state index contributed by atoms with van der Waals surface area (Å²) in [5, 5.41) is 2.85. The van der Waals surface area contributed by atoms with Crippen LogP contribution >= 0.6 is 0 Å². The second kappa shape index (κ2) is 10.0. The molecular formula is C19H32N4O2. The van der Waals surface area contributed by atoms with E-state index < -0.39 is 0 Å². The number of likely N-dealkylation sites (N-methyl/N-ethyl adjacent to an activating group) is 1. The van der Waals surface area contributed by atoms with Gasteiger partial charge in [0.1, 0.15) is 6.54 Å². The fourth-order valence-electron chi connectivity index (χ4n) is 2.71. The van der Waals surface area contributed by atoms with Crippen molar-refractivity contribution < 1.29 is 9.59 Å². The van der Waals surface area contributed by atoms with Crippen LogP contribution < -0.4 is 15.1 Å². The summed E-state index contributed by atoms with van der Waals surface area (Å²) < 4.78 is 0. The summed E-state index contributed by atoms with van der Waals surface area (Å²) in [4.78, 5) is 30.0. The highest BCUT2D eigenvalue weighted by atomic mass is 16.2. The van der Waals surface area contributed by atoms with E-state index in [1.807, 2.05) is 38.1 Å². The lowest BCUT2D eigenvalue weighted by Crippen LogP contribution is -2.42. The van der Waals surface area contributed by atoms with Crippen molar-refractivity contribution in [3.8, 4) is 0 Å². The number of nitrogens with zero attached hydrogens (tertiary/aromatic N) is 3. The molecule has 0 aliphatic rings. The number of rotatable bonds is 9. The minimum Gasteiger partial charge on any atom is -0.372 e. The third kappa shape index (κ3) is 6.38. The number of nitrogens with one attached hydrogen (secondary N) is 1. The summed E-state index contributed by atoms with van der Waals surface area (Å²) in [7, 11) is 3.91. The van der Waals surface area contributed by atoms with E-state index in [1.54, 1.807) is 0 Å². The Morgan fingerprint density at radius 1 is 1.12 bits per heavy atom. The number of carbonyl (C=O) groups is 2. The fraction of sp³-hybridized carbons (Fsp3) is 0.579. The number of amides is 2. The first-order valence-electron chi connectivity index (χ1n) is 8.85. The lowest BCUT2D eigenvalue weighted by Gasteiger charge is -2.26. The Kier molecular flexibility index (Phi) is 8.41. The standard InChI is InChI=1S/C19H32N4O2/c1-7-22(8-2)17-9-10-18(15(3)13-17)23(16(4)24)14-19(25)20-11-12-21(5)6/h9-10,13H,7-8,11-12,14H2,1-6H3,(H,20,25). The summed E-state index contributed by atoms with van der Waals surface area (Å²) in [6.45, 7) is 10.9. The van der Waals surface area contributed by atoms with E-state index in [0.717, 1.165) is 36.6 Å². The molecule has 25 heavy (non-hydrogen) atoms. The van der Waals surface area contributed by atoms with Gasteiger partial charge in [0.15, 0.2) is 0 Å². The number of benzene rings is 1. The smallest absolute Gasteiger partial charge is 0.240 e. The molecule has 0 saturated carbocycles. The Bertz CT molecular complexity index is 583. The van der Waals surface area contributed by atoms with Crippen molar-refractivity contribution in [2.45, 2.75) is 27.7 Å². The van der Waals surface area contributed by atoms with Gasteiger partial charge >= 0.3 is 0 Å². The fourth-order valence-corrected chi connectivity index (χ4v) is 2.71. The highest BCUT2D eigenvalue weighted by molar-refractivity contribution is 5.98. The van der Waals surface area contributed by atoms with E-state index in [0.29, 0.717) is 6.54 Å². The van der Waals surface area contributed by atoms with Crippen LogP contribution in [0.3, 0.4) is 0 Å². The van der Waals surface area contributed by atoms with Crippen molar-refractivity contribution in [2.75, 3.05) is 56.6 Å². The summed E-state index contributed by atoms with van der Waals surface area (Å²) in [5.74, 6) is -0.286. The van der Waals surface area contributed by atoms with Crippen molar-refractivity contribution in [3.63, 3.8) is 0 Å². The predicted molar refractivity (Wildman–Crippen MR) is 104 cm³/mol. The molecule has 0 saturated heterocycles. The third-order valence-electron chi connectivity index (χ3n) is 4.16. The van der Waals surface area contributed by atoms with Gasteiger partial charge in [0, 0.05) is 44.5 Å². The number of anilines is 2. The van der Waals surface area contributed by atoms with Gasteiger partial charge in [-0.05, 0) is 58.6 Å². The number of carbonyl (C=O) groups excluding carboxylic acids is 2. The zero-order chi connectivity index (χ0) is 19.0. The first kappa shape index (κ1) is 21.0. The molecule has 0 atom stereocenters. The van der Waals surface area contributed by atoms with Crippen LogP contribution in [0.5, 0.6) is 0 Å². The minimum absolute atomic E-state index is 0.0359. The SMILES string of the molecule is CCN(CC)c1ccc(N(CC(=O)NCCN(C)C)C(C)=O)c(C)c1. The first-order chi connectivity index (χ1) is 11.8. The number of aryl methyl sites for hydroxylation is 1. The molecule has 140 valence electrons. The minimum atomic E-state index is -0.149. The number of hydrogen-bond acceptors (Lipinski definition) is 4. The van der Waals surface area contributed by atoms with Crippen molar-refractivity contribution in [1.29, 1.82) is 0 Å². The molecule has 1 aromatic carbocycles. The molecule has 0 heterocycles. The molecule has 0 radical (unpaired) electrons. The molecule has 6 nitrogen and oxygen atoms in total. The van der Waals surface area contributed by atoms with Gasteiger partial charge in [-0.1, -0.05) is 0 Å². The summed E-state index contributed by atoms with van der Waals surface area (Å²) in [5.41, 5.74) is 2.90. The van der Waals surface area contributed by atoms with Crippen LogP contribution in [0.2, 0.25) is 0 Å². The molecule has 0 aliphatic carbocycles. The maximum atomic E-state index is 12.2. The molecule has 0 spiro atoms. The zero-order valence-corrected chi connectivity index (χ0v) is 16.4. The van der Waals surface area contributed by atoms with E-state index in [2.05, 4.69) is 30.1 Å². The summed E-state index contributed by atoms with van der Waals surface area (Å²) >= 11 is 0. The maximum Gasteiger partial charge on any atom is 0.240 e. The van der Waals surface area contributed by atoms with Gasteiger partial charge < -0.3 is 20.0 Å². The van der Waals surface area contributed by atoms with Crippen LogP contribution in [-0.4, -0.2) is 63.5 Å². The van der Waals surface area contributed by atoms with Crippen LogP contribution in [0.1, 0.15) is 26.3 Å². The lowest BCUT2D eigenvalue weighted by atomic mass is 10.1. The van der Waals surface area contributed by atoms with Crippen LogP contribution in [-0.2, 0) is 9.59 Å². The molecule has 0 aliphatic heterocycles. The summed E-state index contributed by atoms with van der Waals surface area (Å²) in [6.07, 6.45) is 0. The normalized spacial score (nSPS) is 10.7. The van der Waals surface area contributed by atoms with Crippen molar-refractivity contribution in [1.82, 2.24) is 10.2 Å². The van der Waals surface area contributed by atoms with E-state index in [9.17, 15) is 9.59 Å². The molecule has 0 aromatic heterocycles. The van der Waals surface area contributed by atoms with Crippen LogP contribution in [0, 0.1) is 6.92 Å². The van der Waals surface area contributed by atoms with Gasteiger partial charge in [0.25, 0.3) is 0 Å². The second-order valence-corrected chi connectivity index (χ2v) is 6.40. The van der Waals surface area contributed by atoms with Gasteiger partial charge in [0.05, 0.1) is 0 Å². The van der Waals surface area contributed by atoms with Crippen LogP contribution in [0.25, 0.3) is 0 Å². The van der Waals surface area contributed by atoms with Crippen molar-refractivity contribution >= 4 is 23.2 Å². The Morgan fingerprint density at radius 2 is 1.76 bits per heavy atom. The van der Waals surface area contributed by atoms with E-state index in [1.165, 1.54) is 11.8 Å². The molecule has 1 rings (SSSR count). The average molecular weight is 348 g/mol. The third-order valence-corrected chi connectivity index (χ3v) is 4.16. The van der Waals surface area contributed by atoms with Gasteiger partial charge in [-0.2, -0.15) is 0 Å². The van der Waals surface area contributed by atoms with Gasteiger partial charge in [-0.25, -0.2) is 0 Å². The van der Waals surface area contributed by atoms with Gasteiger partial charge in [-0.3, -0.25) is 9.59 Å². The number of hydrogen-bond donors (Lipinski definition) is 1. The molecule has 0 fully saturated rings. The highest BCUT2D eigenvalue weighted by Crippen LogP contribution is 2.26. The highest BCUT2D eigenvalue weighted by Gasteiger charge is 2.18. The maximum absolute atomic E-state index is 12.2. The topological polar surface area (TPSA) is 55.9 Å². The molecule has 0 bridgehead atoms. The lowest BCUT2D eigenvalue weighted by molar-refractivity contribution is -0.123. The Labute approximate surface area is 151 Å². The zero-order valence-electron chi connectivity index (χ0n) is 16.4. The molecule has 1 aromatic rings. The monoisotopic (exact) mass is 348 g/mol. The Morgan fingerprint density at radius 3 is 2.24 bits per heavy atom. The van der Waals surface area contributed by atoms with Gasteiger partial charge in [0.2, 0.25) is 11.8 Å². The van der Waals surface area contributed by atoms with Gasteiger partial charge in [-0.15, -0.1) is 0 Å². The second-order valence-electron chi connectivity index (χ2n) is 6.40. The van der Waals surface area contributed by atoms with E-state index in [4.69, 9.17) is 0 Å². The van der Waals surface area contributed by atoms with Crippen molar-refractivity contribution in [3.05, 3.63) is 23.8 Å². The van der Waals surface area contributed by atoms with Crippen molar-refractivity contribution in [2.24, 2.45) is 0 Å². The first-order valence-corrected chi connectivity index (χ1v) is 8.85. The van der Waals surface area contributed by atoms with Crippen LogP contribution in [0.15, 0.2) is 18.2 Å². The molecule has 0 unspecified atom stereocenters.